The molecule has 154 valence electrons. The molecule has 0 saturated carbocycles. The van der Waals surface area contributed by atoms with Gasteiger partial charge >= 0.3 is 11.9 Å². The Kier molecular flexibility index (Phi) is 11.1. The lowest BCUT2D eigenvalue weighted by Gasteiger charge is -2.41. The SMILES string of the molecule is CCCCC(C)C(=O)OC(C)(C)C(C)(C)CCCCCC(=O)OC(C)C. The molecule has 1 atom stereocenters. The Labute approximate surface area is 161 Å². The second-order valence-corrected chi connectivity index (χ2v) is 8.96. The molecule has 0 aliphatic carbocycles. The molecular weight excluding hydrogens is 328 g/mol. The Morgan fingerprint density at radius 3 is 2.08 bits per heavy atom. The van der Waals surface area contributed by atoms with Gasteiger partial charge in [0.2, 0.25) is 0 Å². The van der Waals surface area contributed by atoms with Crippen LogP contribution >= 0.6 is 0 Å². The van der Waals surface area contributed by atoms with E-state index in [1.165, 1.54) is 0 Å². The first-order valence-corrected chi connectivity index (χ1v) is 10.3. The summed E-state index contributed by atoms with van der Waals surface area (Å²) in [5.74, 6) is -0.250. The van der Waals surface area contributed by atoms with Crippen LogP contribution in [0, 0.1) is 11.3 Å². The van der Waals surface area contributed by atoms with E-state index in [4.69, 9.17) is 9.47 Å². The number of unbranched alkanes of at least 4 members (excludes halogenated alkanes) is 3. The molecule has 0 N–H and O–H groups in total. The number of rotatable bonds is 13. The van der Waals surface area contributed by atoms with Crippen LogP contribution in [-0.2, 0) is 19.1 Å². The molecule has 0 saturated heterocycles. The number of ether oxygens (including phenoxy) is 2. The topological polar surface area (TPSA) is 52.6 Å². The van der Waals surface area contributed by atoms with Gasteiger partial charge in [0.15, 0.2) is 0 Å². The van der Waals surface area contributed by atoms with Crippen LogP contribution in [0.3, 0.4) is 0 Å². The largest absolute Gasteiger partial charge is 0.463 e. The van der Waals surface area contributed by atoms with E-state index in [-0.39, 0.29) is 29.4 Å². The van der Waals surface area contributed by atoms with E-state index in [0.717, 1.165) is 44.9 Å². The van der Waals surface area contributed by atoms with E-state index >= 15 is 0 Å². The highest BCUT2D eigenvalue weighted by molar-refractivity contribution is 5.72. The van der Waals surface area contributed by atoms with Gasteiger partial charge in [-0.2, -0.15) is 0 Å². The molecule has 0 aromatic heterocycles. The van der Waals surface area contributed by atoms with E-state index in [1.54, 1.807) is 0 Å². The molecule has 0 aliphatic heterocycles. The maximum absolute atomic E-state index is 12.4. The maximum atomic E-state index is 12.4. The van der Waals surface area contributed by atoms with Crippen LogP contribution in [0.15, 0.2) is 0 Å². The van der Waals surface area contributed by atoms with Crippen molar-refractivity contribution in [3.8, 4) is 0 Å². The Hall–Kier alpha value is -1.06. The van der Waals surface area contributed by atoms with Crippen LogP contribution < -0.4 is 0 Å². The minimum absolute atomic E-state index is 0.0444. The van der Waals surface area contributed by atoms with E-state index < -0.39 is 5.60 Å². The molecule has 4 heteroatoms. The van der Waals surface area contributed by atoms with E-state index in [9.17, 15) is 9.59 Å². The summed E-state index contributed by atoms with van der Waals surface area (Å²) in [7, 11) is 0. The van der Waals surface area contributed by atoms with Crippen molar-refractivity contribution >= 4 is 11.9 Å². The van der Waals surface area contributed by atoms with Crippen LogP contribution in [0.2, 0.25) is 0 Å². The van der Waals surface area contributed by atoms with E-state index in [1.807, 2.05) is 34.6 Å². The molecule has 0 radical (unpaired) electrons. The van der Waals surface area contributed by atoms with Gasteiger partial charge in [0, 0.05) is 11.8 Å². The van der Waals surface area contributed by atoms with Crippen molar-refractivity contribution in [2.75, 3.05) is 0 Å². The number of hydrogen-bond donors (Lipinski definition) is 0. The fraction of sp³-hybridized carbons (Fsp3) is 0.909. The monoisotopic (exact) mass is 370 g/mol. The Morgan fingerprint density at radius 2 is 1.54 bits per heavy atom. The Bertz CT molecular complexity index is 424. The van der Waals surface area contributed by atoms with Crippen molar-refractivity contribution in [3.63, 3.8) is 0 Å². The standard InChI is InChI=1S/C22H42O4/c1-9-10-14-18(4)20(24)26-22(7,8)21(5,6)16-13-11-12-15-19(23)25-17(2)3/h17-18H,9-16H2,1-8H3. The molecule has 0 rings (SSSR count). The average Bonchev–Trinajstić information content (AvgIpc) is 2.50. The van der Waals surface area contributed by atoms with Gasteiger partial charge in [-0.1, -0.05) is 53.4 Å². The molecule has 0 heterocycles. The predicted octanol–water partition coefficient (Wildman–Crippen LogP) is 6.06. The second-order valence-electron chi connectivity index (χ2n) is 8.96. The zero-order chi connectivity index (χ0) is 20.4. The fourth-order valence-electron chi connectivity index (χ4n) is 2.75. The number of carbonyl (C=O) groups excluding carboxylic acids is 2. The molecule has 4 nitrogen and oxygen atoms in total. The predicted molar refractivity (Wildman–Crippen MR) is 107 cm³/mol. The van der Waals surface area contributed by atoms with E-state index in [0.29, 0.717) is 6.42 Å². The lowest BCUT2D eigenvalue weighted by atomic mass is 9.73. The van der Waals surface area contributed by atoms with E-state index in [2.05, 4.69) is 20.8 Å². The Balaban J connectivity index is 4.33. The summed E-state index contributed by atoms with van der Waals surface area (Å²) in [5, 5.41) is 0. The highest BCUT2D eigenvalue weighted by Crippen LogP contribution is 2.39. The van der Waals surface area contributed by atoms with Crippen LogP contribution in [0.4, 0.5) is 0 Å². The summed E-state index contributed by atoms with van der Waals surface area (Å²) >= 11 is 0. The van der Waals surface area contributed by atoms with Crippen molar-refractivity contribution in [1.29, 1.82) is 0 Å². The highest BCUT2D eigenvalue weighted by Gasteiger charge is 2.40. The summed E-state index contributed by atoms with van der Waals surface area (Å²) in [4.78, 5) is 23.9. The van der Waals surface area contributed by atoms with Gasteiger partial charge in [-0.15, -0.1) is 0 Å². The van der Waals surface area contributed by atoms with Crippen LogP contribution in [0.25, 0.3) is 0 Å². The van der Waals surface area contributed by atoms with Crippen molar-refractivity contribution in [2.45, 2.75) is 118 Å². The van der Waals surface area contributed by atoms with Crippen molar-refractivity contribution in [1.82, 2.24) is 0 Å². The van der Waals surface area contributed by atoms with Crippen molar-refractivity contribution < 1.29 is 19.1 Å². The van der Waals surface area contributed by atoms with Crippen molar-refractivity contribution in [2.24, 2.45) is 11.3 Å². The minimum Gasteiger partial charge on any atom is -0.463 e. The molecular formula is C22H42O4. The summed E-state index contributed by atoms with van der Waals surface area (Å²) in [6.07, 6.45) is 7.26. The van der Waals surface area contributed by atoms with Gasteiger partial charge in [-0.05, 0) is 47.0 Å². The number of esters is 2. The maximum Gasteiger partial charge on any atom is 0.309 e. The first kappa shape index (κ1) is 24.9. The average molecular weight is 371 g/mol. The summed E-state index contributed by atoms with van der Waals surface area (Å²) < 4.78 is 11.0. The summed E-state index contributed by atoms with van der Waals surface area (Å²) in [6.45, 7) is 16.2. The molecule has 26 heavy (non-hydrogen) atoms. The first-order valence-electron chi connectivity index (χ1n) is 10.3. The number of hydrogen-bond acceptors (Lipinski definition) is 4. The minimum atomic E-state index is -0.513. The van der Waals surface area contributed by atoms with Gasteiger partial charge < -0.3 is 9.47 Å². The van der Waals surface area contributed by atoms with Gasteiger partial charge in [-0.3, -0.25) is 9.59 Å². The van der Waals surface area contributed by atoms with Crippen LogP contribution in [-0.4, -0.2) is 23.6 Å². The Morgan fingerprint density at radius 1 is 0.923 bits per heavy atom. The fourth-order valence-corrected chi connectivity index (χ4v) is 2.75. The first-order chi connectivity index (χ1) is 11.9. The van der Waals surface area contributed by atoms with Gasteiger partial charge in [0.1, 0.15) is 5.60 Å². The zero-order valence-electron chi connectivity index (χ0n) is 18.4. The molecule has 0 aliphatic rings. The lowest BCUT2D eigenvalue weighted by Crippen LogP contribution is -2.44. The second kappa shape index (κ2) is 11.6. The van der Waals surface area contributed by atoms with Crippen molar-refractivity contribution in [3.05, 3.63) is 0 Å². The normalized spacial score (nSPS) is 13.6. The summed E-state index contributed by atoms with van der Waals surface area (Å²) in [6, 6.07) is 0. The molecule has 0 aromatic carbocycles. The van der Waals surface area contributed by atoms with Gasteiger partial charge in [0.05, 0.1) is 12.0 Å². The molecule has 0 fully saturated rings. The molecule has 0 aromatic rings. The lowest BCUT2D eigenvalue weighted by molar-refractivity contribution is -0.174. The smallest absolute Gasteiger partial charge is 0.309 e. The van der Waals surface area contributed by atoms with Gasteiger partial charge in [-0.25, -0.2) is 0 Å². The molecule has 0 spiro atoms. The molecule has 0 amide bonds. The molecule has 0 bridgehead atoms. The van der Waals surface area contributed by atoms with Crippen LogP contribution in [0.5, 0.6) is 0 Å². The molecule has 1 unspecified atom stereocenters. The van der Waals surface area contributed by atoms with Gasteiger partial charge in [0.25, 0.3) is 0 Å². The third-order valence-electron chi connectivity index (χ3n) is 5.43. The van der Waals surface area contributed by atoms with Crippen LogP contribution in [0.1, 0.15) is 107 Å². The quantitative estimate of drug-likeness (QED) is 0.292. The third kappa shape index (κ3) is 9.59. The highest BCUT2D eigenvalue weighted by atomic mass is 16.6. The number of carbonyl (C=O) groups is 2. The summed E-state index contributed by atoms with van der Waals surface area (Å²) in [5.41, 5.74) is -0.632. The third-order valence-corrected chi connectivity index (χ3v) is 5.43. The zero-order valence-corrected chi connectivity index (χ0v) is 18.4.